The Bertz CT molecular complexity index is 504. The first kappa shape index (κ1) is 15.8. The molecule has 1 aliphatic carbocycles. The van der Waals surface area contributed by atoms with Crippen LogP contribution in [0.3, 0.4) is 0 Å². The third kappa shape index (κ3) is 5.35. The second-order valence-corrected chi connectivity index (χ2v) is 6.25. The summed E-state index contributed by atoms with van der Waals surface area (Å²) in [6, 6.07) is 8.80. The van der Waals surface area contributed by atoms with Crippen molar-refractivity contribution in [3.8, 4) is 0 Å². The van der Waals surface area contributed by atoms with E-state index >= 15 is 0 Å². The van der Waals surface area contributed by atoms with Gasteiger partial charge < -0.3 is 5.11 Å². The summed E-state index contributed by atoms with van der Waals surface area (Å²) in [5, 5.41) is 8.79. The third-order valence-corrected chi connectivity index (χ3v) is 3.89. The number of hydrogen-bond acceptors (Lipinski definition) is 2. The summed E-state index contributed by atoms with van der Waals surface area (Å²) in [5.74, 6) is -0.183. The third-order valence-electron chi connectivity index (χ3n) is 3.89. The zero-order chi connectivity index (χ0) is 15.2. The molecule has 21 heavy (non-hydrogen) atoms. The highest BCUT2D eigenvalue weighted by molar-refractivity contribution is 5.85. The molecule has 0 spiro atoms. The van der Waals surface area contributed by atoms with Gasteiger partial charge in [0.15, 0.2) is 0 Å². The fraction of sp³-hybridized carbons (Fsp3) is 0.500. The van der Waals surface area contributed by atoms with Crippen molar-refractivity contribution < 1.29 is 9.90 Å². The van der Waals surface area contributed by atoms with E-state index in [1.807, 2.05) is 18.2 Å². The van der Waals surface area contributed by atoms with Crippen LogP contribution in [0, 0.1) is 5.92 Å². The van der Waals surface area contributed by atoms with Crippen LogP contribution in [-0.4, -0.2) is 28.6 Å². The lowest BCUT2D eigenvalue weighted by molar-refractivity contribution is -0.131. The molecule has 3 nitrogen and oxygen atoms in total. The van der Waals surface area contributed by atoms with E-state index in [1.54, 1.807) is 6.08 Å². The number of carboxylic acid groups (broad SMARTS) is 1. The number of aliphatic carboxylic acids is 1. The van der Waals surface area contributed by atoms with E-state index in [0.717, 1.165) is 24.7 Å². The highest BCUT2D eigenvalue weighted by Gasteiger charge is 2.28. The van der Waals surface area contributed by atoms with E-state index in [2.05, 4.69) is 24.8 Å². The van der Waals surface area contributed by atoms with Crippen molar-refractivity contribution in [3.05, 3.63) is 41.5 Å². The molecule has 0 bridgehead atoms. The van der Waals surface area contributed by atoms with Gasteiger partial charge in [0.05, 0.1) is 0 Å². The molecule has 0 aliphatic heterocycles. The highest BCUT2D eigenvalue weighted by Crippen LogP contribution is 2.29. The predicted molar refractivity (Wildman–Crippen MR) is 86.0 cm³/mol. The van der Waals surface area contributed by atoms with Gasteiger partial charge in [-0.3, -0.25) is 4.90 Å². The van der Waals surface area contributed by atoms with Gasteiger partial charge in [0, 0.05) is 18.7 Å². The van der Waals surface area contributed by atoms with Gasteiger partial charge in [-0.25, -0.2) is 4.79 Å². The van der Waals surface area contributed by atoms with E-state index in [0.29, 0.717) is 5.92 Å². The molecule has 3 heteroatoms. The van der Waals surface area contributed by atoms with Gasteiger partial charge in [0.1, 0.15) is 0 Å². The van der Waals surface area contributed by atoms with Crippen molar-refractivity contribution in [1.82, 2.24) is 4.90 Å². The lowest BCUT2D eigenvalue weighted by atomic mass is 10.1. The smallest absolute Gasteiger partial charge is 0.328 e. The zero-order valence-corrected chi connectivity index (χ0v) is 13.0. The Morgan fingerprint density at radius 1 is 1.38 bits per heavy atom. The molecular weight excluding hydrogens is 262 g/mol. The van der Waals surface area contributed by atoms with Gasteiger partial charge in [-0.2, -0.15) is 0 Å². The maximum atomic E-state index is 10.7. The molecule has 1 aliphatic rings. The van der Waals surface area contributed by atoms with Gasteiger partial charge in [-0.15, -0.1) is 0 Å². The average molecular weight is 287 g/mol. The van der Waals surface area contributed by atoms with Gasteiger partial charge >= 0.3 is 5.97 Å². The minimum Gasteiger partial charge on any atom is -0.478 e. The highest BCUT2D eigenvalue weighted by atomic mass is 16.4. The first-order valence-corrected chi connectivity index (χ1v) is 7.79. The quantitative estimate of drug-likeness (QED) is 0.739. The number of hydrogen-bond donors (Lipinski definition) is 1. The summed E-state index contributed by atoms with van der Waals surface area (Å²) in [6.07, 6.45) is 6.72. The Balaban J connectivity index is 2.07. The zero-order valence-electron chi connectivity index (χ0n) is 13.0. The summed E-state index contributed by atoms with van der Waals surface area (Å²) in [7, 11) is 0. The van der Waals surface area contributed by atoms with Crippen LogP contribution in [0.25, 0.3) is 6.08 Å². The summed E-state index contributed by atoms with van der Waals surface area (Å²) in [6.45, 7) is 6.56. The van der Waals surface area contributed by atoms with Crippen LogP contribution < -0.4 is 0 Å². The number of carboxylic acids is 1. The van der Waals surface area contributed by atoms with Crippen molar-refractivity contribution in [2.24, 2.45) is 5.92 Å². The largest absolute Gasteiger partial charge is 0.478 e. The molecule has 0 heterocycles. The maximum Gasteiger partial charge on any atom is 0.328 e. The Morgan fingerprint density at radius 3 is 2.71 bits per heavy atom. The van der Waals surface area contributed by atoms with Crippen LogP contribution in [-0.2, 0) is 11.3 Å². The molecule has 114 valence electrons. The summed E-state index contributed by atoms with van der Waals surface area (Å²) < 4.78 is 0. The Hall–Kier alpha value is -1.61. The molecule has 1 fully saturated rings. The van der Waals surface area contributed by atoms with Crippen molar-refractivity contribution in [1.29, 1.82) is 0 Å². The molecule has 0 unspecified atom stereocenters. The molecule has 0 radical (unpaired) electrons. The molecule has 1 aromatic rings. The number of benzene rings is 1. The van der Waals surface area contributed by atoms with Crippen molar-refractivity contribution in [3.63, 3.8) is 0 Å². The SMILES string of the molecule is CC(C)CCN(Cc1ccccc1/C=C/C(=O)O)C1CC1. The van der Waals surface area contributed by atoms with E-state index < -0.39 is 5.97 Å². The van der Waals surface area contributed by atoms with Crippen molar-refractivity contribution in [2.75, 3.05) is 6.54 Å². The fourth-order valence-corrected chi connectivity index (χ4v) is 2.48. The Morgan fingerprint density at radius 2 is 2.10 bits per heavy atom. The predicted octanol–water partition coefficient (Wildman–Crippen LogP) is 3.79. The molecular formula is C18H25NO2. The molecule has 1 aromatic carbocycles. The van der Waals surface area contributed by atoms with Crippen LogP contribution in [0.1, 0.15) is 44.2 Å². The molecule has 0 aromatic heterocycles. The number of carbonyl (C=O) groups is 1. The lowest BCUT2D eigenvalue weighted by Gasteiger charge is -2.24. The second kappa shape index (κ2) is 7.41. The van der Waals surface area contributed by atoms with Gasteiger partial charge in [-0.05, 0) is 48.9 Å². The normalized spacial score (nSPS) is 15.2. The van der Waals surface area contributed by atoms with E-state index in [-0.39, 0.29) is 0 Å². The first-order chi connectivity index (χ1) is 10.1. The second-order valence-electron chi connectivity index (χ2n) is 6.25. The van der Waals surface area contributed by atoms with Crippen LogP contribution in [0.4, 0.5) is 0 Å². The molecule has 0 atom stereocenters. The van der Waals surface area contributed by atoms with Gasteiger partial charge in [0.25, 0.3) is 0 Å². The average Bonchev–Trinajstić information content (AvgIpc) is 3.26. The van der Waals surface area contributed by atoms with E-state index in [4.69, 9.17) is 5.11 Å². The van der Waals surface area contributed by atoms with Crippen molar-refractivity contribution >= 4 is 12.0 Å². The van der Waals surface area contributed by atoms with Gasteiger partial charge in [-0.1, -0.05) is 38.1 Å². The standard InChI is InChI=1S/C18H25NO2/c1-14(2)11-12-19(17-8-9-17)13-16-6-4-3-5-15(16)7-10-18(20)21/h3-7,10,14,17H,8-9,11-13H2,1-2H3,(H,20,21)/b10-7+. The minimum absolute atomic E-state index is 0.716. The molecule has 1 saturated carbocycles. The van der Waals surface area contributed by atoms with E-state index in [9.17, 15) is 4.79 Å². The van der Waals surface area contributed by atoms with Crippen LogP contribution in [0.15, 0.2) is 30.3 Å². The minimum atomic E-state index is -0.899. The maximum absolute atomic E-state index is 10.7. The summed E-state index contributed by atoms with van der Waals surface area (Å²) in [5.41, 5.74) is 2.22. The number of rotatable bonds is 8. The topological polar surface area (TPSA) is 40.5 Å². The molecule has 1 N–H and O–H groups in total. The molecule has 0 saturated heterocycles. The van der Waals surface area contributed by atoms with Crippen molar-refractivity contribution in [2.45, 2.75) is 45.7 Å². The van der Waals surface area contributed by atoms with Crippen LogP contribution in [0.2, 0.25) is 0 Å². The summed E-state index contributed by atoms with van der Waals surface area (Å²) >= 11 is 0. The monoisotopic (exact) mass is 287 g/mol. The first-order valence-electron chi connectivity index (χ1n) is 7.79. The van der Waals surface area contributed by atoms with Crippen LogP contribution >= 0.6 is 0 Å². The van der Waals surface area contributed by atoms with E-state index in [1.165, 1.54) is 30.9 Å². The Kier molecular flexibility index (Phi) is 5.57. The van der Waals surface area contributed by atoms with Crippen LogP contribution in [0.5, 0.6) is 0 Å². The summed E-state index contributed by atoms with van der Waals surface area (Å²) in [4.78, 5) is 13.3. The van der Waals surface area contributed by atoms with Gasteiger partial charge in [0.2, 0.25) is 0 Å². The lowest BCUT2D eigenvalue weighted by Crippen LogP contribution is -2.27. The molecule has 2 rings (SSSR count). The molecule has 0 amide bonds. The Labute approximate surface area is 127 Å². The number of nitrogens with zero attached hydrogens (tertiary/aromatic N) is 1. The fourth-order valence-electron chi connectivity index (χ4n) is 2.48.